The van der Waals surface area contributed by atoms with E-state index in [-0.39, 0.29) is 42.1 Å². The van der Waals surface area contributed by atoms with Crippen LogP contribution in [0.5, 0.6) is 0 Å². The predicted octanol–water partition coefficient (Wildman–Crippen LogP) is 0.304. The van der Waals surface area contributed by atoms with Crippen LogP contribution in [0.25, 0.3) is 0 Å². The zero-order chi connectivity index (χ0) is 30.9. The van der Waals surface area contributed by atoms with Gasteiger partial charge in [-0.25, -0.2) is 8.42 Å². The first kappa shape index (κ1) is 33.8. The zero-order valence-corrected chi connectivity index (χ0v) is 25.7. The quantitative estimate of drug-likeness (QED) is 0.0644. The number of rotatable bonds is 14. The van der Waals surface area contributed by atoms with Gasteiger partial charge in [0.1, 0.15) is 10.9 Å². The molecule has 1 aromatic rings. The molecule has 0 radical (unpaired) electrons. The highest BCUT2D eigenvalue weighted by Gasteiger charge is 2.33. The Hall–Kier alpha value is -2.71. The van der Waals surface area contributed by atoms with Crippen LogP contribution in [-0.4, -0.2) is 85.8 Å². The van der Waals surface area contributed by atoms with Crippen molar-refractivity contribution in [2.45, 2.75) is 62.8 Å². The fourth-order valence-corrected chi connectivity index (χ4v) is 7.24. The Balaban J connectivity index is 1.61. The monoisotopic (exact) mass is 629 g/mol. The lowest BCUT2D eigenvalue weighted by molar-refractivity contribution is -0.134. The minimum atomic E-state index is -4.22. The molecule has 2 heterocycles. The summed E-state index contributed by atoms with van der Waals surface area (Å²) >= 11 is 0. The van der Waals surface area contributed by atoms with Crippen molar-refractivity contribution in [2.75, 3.05) is 44.2 Å². The van der Waals surface area contributed by atoms with E-state index in [4.69, 9.17) is 21.3 Å². The Morgan fingerprint density at radius 3 is 2.62 bits per heavy atom. The summed E-state index contributed by atoms with van der Waals surface area (Å²) in [5.41, 5.74) is 12.3. The number of nitrogens with two attached hydrogens (primary N) is 2. The molecule has 0 bridgehead atoms. The molecule has 14 nitrogen and oxygen atoms in total. The van der Waals surface area contributed by atoms with Crippen LogP contribution in [0.2, 0.25) is 0 Å². The maximum atomic E-state index is 13.6. The SMILES string of the molecule is C[C@@H]1CNc2c(cccc2S(=O)(=O)NC(CCCN=C(N)N)C(=O)N2CCC(CCNC(=O)CCP(=O)(O)O)CC2)C1. The number of nitrogens with zero attached hydrogens (tertiary/aromatic N) is 2. The third-order valence-corrected chi connectivity index (χ3v) is 9.89. The van der Waals surface area contributed by atoms with Gasteiger partial charge in [-0.15, -0.1) is 0 Å². The van der Waals surface area contributed by atoms with Crippen molar-refractivity contribution in [1.29, 1.82) is 0 Å². The molecule has 2 amide bonds. The first-order valence-corrected chi connectivity index (χ1v) is 17.6. The van der Waals surface area contributed by atoms with E-state index >= 15 is 0 Å². The topological polar surface area (TPSA) is 230 Å². The minimum absolute atomic E-state index is 0.0743. The van der Waals surface area contributed by atoms with Crippen molar-refractivity contribution in [3.05, 3.63) is 23.8 Å². The summed E-state index contributed by atoms with van der Waals surface area (Å²) in [4.78, 5) is 49.0. The van der Waals surface area contributed by atoms with Crippen molar-refractivity contribution in [3.63, 3.8) is 0 Å². The van der Waals surface area contributed by atoms with Crippen LogP contribution >= 0.6 is 7.60 Å². The number of guanidine groups is 1. The predicted molar refractivity (Wildman–Crippen MR) is 160 cm³/mol. The van der Waals surface area contributed by atoms with Gasteiger partial charge in [0.2, 0.25) is 21.8 Å². The number of hydrogen-bond donors (Lipinski definition) is 7. The Kier molecular flexibility index (Phi) is 12.2. The first-order chi connectivity index (χ1) is 19.7. The molecule has 0 spiro atoms. The van der Waals surface area contributed by atoms with Crippen LogP contribution < -0.4 is 26.8 Å². The summed E-state index contributed by atoms with van der Waals surface area (Å²) in [6.07, 6.45) is 2.70. The molecule has 3 rings (SSSR count). The van der Waals surface area contributed by atoms with Gasteiger partial charge < -0.3 is 36.8 Å². The van der Waals surface area contributed by atoms with E-state index in [0.717, 1.165) is 12.0 Å². The summed E-state index contributed by atoms with van der Waals surface area (Å²) in [7, 11) is -8.25. The average Bonchev–Trinajstić information content (AvgIpc) is 2.92. The second kappa shape index (κ2) is 15.1. The third-order valence-electron chi connectivity index (χ3n) is 7.57. The molecular weight excluding hydrogens is 585 g/mol. The Labute approximate surface area is 247 Å². The molecule has 42 heavy (non-hydrogen) atoms. The maximum absolute atomic E-state index is 13.6. The highest BCUT2D eigenvalue weighted by molar-refractivity contribution is 7.89. The number of benzene rings is 1. The number of anilines is 1. The van der Waals surface area contributed by atoms with Crippen LogP contribution in [0.1, 0.15) is 51.0 Å². The first-order valence-electron chi connectivity index (χ1n) is 14.3. The molecule has 2 aliphatic rings. The van der Waals surface area contributed by atoms with E-state index in [2.05, 4.69) is 27.3 Å². The molecule has 1 fully saturated rings. The van der Waals surface area contributed by atoms with E-state index < -0.39 is 35.7 Å². The second-order valence-electron chi connectivity index (χ2n) is 11.1. The number of sulfonamides is 1. The summed E-state index contributed by atoms with van der Waals surface area (Å²) in [5, 5.41) is 5.92. The van der Waals surface area contributed by atoms with Crippen LogP contribution in [0.4, 0.5) is 5.69 Å². The molecule has 16 heteroatoms. The largest absolute Gasteiger partial charge is 0.383 e. The maximum Gasteiger partial charge on any atom is 0.326 e. The molecular formula is C26H44N7O7PS. The van der Waals surface area contributed by atoms with Gasteiger partial charge in [0.15, 0.2) is 5.96 Å². The van der Waals surface area contributed by atoms with Gasteiger partial charge in [0.25, 0.3) is 0 Å². The molecule has 2 aliphatic heterocycles. The standard InChI is InChI=1S/C26H44N7O7PS/c1-18-16-20-4-2-6-22(24(20)31-17-18)42(39,40)32-21(5-3-11-30-26(27)28)25(35)33-13-8-19(9-14-33)7-12-29-23(34)10-15-41(36,37)38/h2,4,6,18-19,21,31-32H,3,5,7-17H2,1H3,(H,29,34)(H4,27,28,30)(H2,36,37,38)/t18-,21?/m0/s1. The van der Waals surface area contributed by atoms with Crippen molar-refractivity contribution in [2.24, 2.45) is 28.3 Å². The summed E-state index contributed by atoms with van der Waals surface area (Å²) in [5.74, 6) is -0.169. The van der Waals surface area contributed by atoms with Crippen molar-refractivity contribution < 1.29 is 32.4 Å². The van der Waals surface area contributed by atoms with Crippen LogP contribution in [-0.2, 0) is 30.6 Å². The number of amides is 2. The van der Waals surface area contributed by atoms with E-state index in [1.165, 1.54) is 0 Å². The van der Waals surface area contributed by atoms with E-state index in [0.29, 0.717) is 63.5 Å². The Morgan fingerprint density at radius 2 is 1.95 bits per heavy atom. The molecule has 0 aliphatic carbocycles. The highest BCUT2D eigenvalue weighted by atomic mass is 32.2. The van der Waals surface area contributed by atoms with Gasteiger partial charge in [-0.05, 0) is 62.0 Å². The molecule has 1 unspecified atom stereocenters. The number of para-hydroxylation sites is 1. The molecule has 2 atom stereocenters. The minimum Gasteiger partial charge on any atom is -0.383 e. The fourth-order valence-electron chi connectivity index (χ4n) is 5.30. The highest BCUT2D eigenvalue weighted by Crippen LogP contribution is 2.35. The molecule has 1 aromatic carbocycles. The number of likely N-dealkylation sites (tertiary alicyclic amines) is 1. The van der Waals surface area contributed by atoms with E-state index in [9.17, 15) is 22.6 Å². The number of piperidine rings is 1. The van der Waals surface area contributed by atoms with Gasteiger partial charge in [-0.1, -0.05) is 19.1 Å². The van der Waals surface area contributed by atoms with Gasteiger partial charge in [-0.2, -0.15) is 4.72 Å². The van der Waals surface area contributed by atoms with Crippen LogP contribution in [0.3, 0.4) is 0 Å². The van der Waals surface area contributed by atoms with Crippen LogP contribution in [0, 0.1) is 11.8 Å². The van der Waals surface area contributed by atoms with E-state index in [1.807, 2.05) is 6.07 Å². The number of fused-ring (bicyclic) bond motifs is 1. The lowest BCUT2D eigenvalue weighted by atomic mass is 9.93. The van der Waals surface area contributed by atoms with Crippen molar-refractivity contribution in [1.82, 2.24) is 14.9 Å². The van der Waals surface area contributed by atoms with Gasteiger partial charge in [-0.3, -0.25) is 19.1 Å². The van der Waals surface area contributed by atoms with Crippen molar-refractivity contribution >= 4 is 41.1 Å². The Bertz CT molecular complexity index is 1280. The number of carbonyl (C=O) groups excluding carboxylic acids is 2. The smallest absolute Gasteiger partial charge is 0.326 e. The lowest BCUT2D eigenvalue weighted by Gasteiger charge is -2.34. The zero-order valence-electron chi connectivity index (χ0n) is 24.0. The average molecular weight is 630 g/mol. The Morgan fingerprint density at radius 1 is 1.24 bits per heavy atom. The fraction of sp³-hybridized carbons (Fsp3) is 0.654. The van der Waals surface area contributed by atoms with Crippen molar-refractivity contribution in [3.8, 4) is 0 Å². The van der Waals surface area contributed by atoms with Gasteiger partial charge in [0.05, 0.1) is 11.8 Å². The number of aliphatic imine (C=N–C) groups is 1. The number of hydrogen-bond acceptors (Lipinski definition) is 7. The molecule has 236 valence electrons. The molecule has 0 saturated carbocycles. The molecule has 1 saturated heterocycles. The molecule has 0 aromatic heterocycles. The summed E-state index contributed by atoms with van der Waals surface area (Å²) in [6.45, 7) is 4.28. The summed E-state index contributed by atoms with van der Waals surface area (Å²) < 4.78 is 40.8. The van der Waals surface area contributed by atoms with Crippen LogP contribution in [0.15, 0.2) is 28.1 Å². The third kappa shape index (κ3) is 10.5. The normalized spacial score (nSPS) is 18.5. The number of carbonyl (C=O) groups is 2. The second-order valence-corrected chi connectivity index (χ2v) is 14.6. The summed E-state index contributed by atoms with van der Waals surface area (Å²) in [6, 6.07) is 4.18. The van der Waals surface area contributed by atoms with Gasteiger partial charge >= 0.3 is 7.60 Å². The number of nitrogens with one attached hydrogen (secondary N) is 3. The van der Waals surface area contributed by atoms with E-state index in [1.54, 1.807) is 17.0 Å². The van der Waals surface area contributed by atoms with Gasteiger partial charge in [0, 0.05) is 39.1 Å². The molecule has 9 N–H and O–H groups in total. The lowest BCUT2D eigenvalue weighted by Crippen LogP contribution is -2.51.